The third-order valence-corrected chi connectivity index (χ3v) is 4.79. The lowest BCUT2D eigenvalue weighted by Gasteiger charge is -2.30. The van der Waals surface area contributed by atoms with E-state index in [0.29, 0.717) is 0 Å². The molecule has 0 heterocycles. The number of nitrogens with one attached hydrogen (secondary N) is 1. The van der Waals surface area contributed by atoms with Crippen LogP contribution in [0.2, 0.25) is 0 Å². The summed E-state index contributed by atoms with van der Waals surface area (Å²) in [6, 6.07) is 3.95. The summed E-state index contributed by atoms with van der Waals surface area (Å²) < 4.78 is 11.6. The fourth-order valence-electron chi connectivity index (χ4n) is 3.51. The first-order valence-corrected chi connectivity index (χ1v) is 9.02. The van der Waals surface area contributed by atoms with Gasteiger partial charge >= 0.3 is 0 Å². The summed E-state index contributed by atoms with van der Waals surface area (Å²) in [5.41, 5.74) is 2.19. The number of methoxy groups -OCH3 is 1. The first-order chi connectivity index (χ1) is 11.4. The molecule has 1 fully saturated rings. The van der Waals surface area contributed by atoms with Gasteiger partial charge in [0.25, 0.3) is 5.91 Å². The Morgan fingerprint density at radius 3 is 2.08 bits per heavy atom. The lowest BCUT2D eigenvalue weighted by molar-refractivity contribution is -0.139. The molecule has 1 aromatic carbocycles. The Kier molecular flexibility index (Phi) is 6.27. The van der Waals surface area contributed by atoms with Gasteiger partial charge in [-0.3, -0.25) is 4.79 Å². The van der Waals surface area contributed by atoms with Gasteiger partial charge in [0.15, 0.2) is 0 Å². The second kappa shape index (κ2) is 8.02. The van der Waals surface area contributed by atoms with Crippen molar-refractivity contribution in [1.29, 1.82) is 0 Å². The minimum Gasteiger partial charge on any atom is -0.490 e. The number of aryl methyl sites for hydroxylation is 2. The molecule has 0 bridgehead atoms. The Bertz CT molecular complexity index is 549. The topological polar surface area (TPSA) is 47.6 Å². The molecule has 0 saturated heterocycles. The summed E-state index contributed by atoms with van der Waals surface area (Å²) >= 11 is 0. The maximum absolute atomic E-state index is 12.9. The van der Waals surface area contributed by atoms with Crippen LogP contribution in [0.5, 0.6) is 5.75 Å². The van der Waals surface area contributed by atoms with Crippen molar-refractivity contribution >= 4 is 11.6 Å². The molecule has 1 amide bonds. The summed E-state index contributed by atoms with van der Waals surface area (Å²) in [5.74, 6) is 0.877. The van der Waals surface area contributed by atoms with Gasteiger partial charge in [-0.25, -0.2) is 0 Å². The summed E-state index contributed by atoms with van der Waals surface area (Å²) in [4.78, 5) is 12.9. The number of carbonyl (C=O) groups is 1. The Balaban J connectivity index is 2.19. The highest BCUT2D eigenvalue weighted by atomic mass is 16.5. The maximum atomic E-state index is 12.9. The van der Waals surface area contributed by atoms with Gasteiger partial charge in [0.1, 0.15) is 11.4 Å². The zero-order chi connectivity index (χ0) is 17.7. The van der Waals surface area contributed by atoms with E-state index >= 15 is 0 Å². The highest BCUT2D eigenvalue weighted by Gasteiger charge is 2.38. The third-order valence-electron chi connectivity index (χ3n) is 4.79. The predicted octanol–water partition coefficient (Wildman–Crippen LogP) is 4.77. The number of carbonyl (C=O) groups excluding carboxylic acids is 1. The zero-order valence-corrected chi connectivity index (χ0v) is 15.7. The van der Waals surface area contributed by atoms with Crippen LogP contribution in [0.3, 0.4) is 0 Å². The van der Waals surface area contributed by atoms with Crippen LogP contribution in [0.25, 0.3) is 0 Å². The van der Waals surface area contributed by atoms with E-state index in [1.807, 2.05) is 39.8 Å². The van der Waals surface area contributed by atoms with E-state index in [9.17, 15) is 4.79 Å². The van der Waals surface area contributed by atoms with E-state index in [-0.39, 0.29) is 12.0 Å². The predicted molar refractivity (Wildman–Crippen MR) is 97.8 cm³/mol. The van der Waals surface area contributed by atoms with Gasteiger partial charge in [-0.1, -0.05) is 25.7 Å². The van der Waals surface area contributed by atoms with Gasteiger partial charge in [0, 0.05) is 12.8 Å². The first-order valence-electron chi connectivity index (χ1n) is 9.02. The van der Waals surface area contributed by atoms with E-state index in [2.05, 4.69) is 5.32 Å². The molecule has 2 rings (SSSR count). The van der Waals surface area contributed by atoms with Crippen molar-refractivity contribution in [3.63, 3.8) is 0 Å². The van der Waals surface area contributed by atoms with E-state index < -0.39 is 5.60 Å². The maximum Gasteiger partial charge on any atom is 0.256 e. The Morgan fingerprint density at radius 2 is 1.62 bits per heavy atom. The van der Waals surface area contributed by atoms with Crippen molar-refractivity contribution in [2.75, 3.05) is 12.4 Å². The molecular formula is C20H31NO3. The van der Waals surface area contributed by atoms with Crippen LogP contribution < -0.4 is 10.1 Å². The summed E-state index contributed by atoms with van der Waals surface area (Å²) in [6.45, 7) is 8.06. The van der Waals surface area contributed by atoms with Crippen LogP contribution in [0.15, 0.2) is 12.1 Å². The number of anilines is 1. The van der Waals surface area contributed by atoms with Gasteiger partial charge in [0.05, 0.1) is 6.10 Å². The SMILES string of the molecule is COC1(C(=O)Nc2cc(C)c(OC(C)C)c(C)c2)CCCCCC1. The molecule has 24 heavy (non-hydrogen) atoms. The molecule has 0 radical (unpaired) electrons. The molecule has 0 aliphatic heterocycles. The Hall–Kier alpha value is -1.55. The van der Waals surface area contributed by atoms with Crippen LogP contribution >= 0.6 is 0 Å². The minimum absolute atomic E-state index is 0.0248. The Morgan fingerprint density at radius 1 is 1.08 bits per heavy atom. The third kappa shape index (κ3) is 4.29. The minimum atomic E-state index is -0.689. The Labute approximate surface area is 145 Å². The molecule has 4 heteroatoms. The molecule has 0 aromatic heterocycles. The van der Waals surface area contributed by atoms with Gasteiger partial charge < -0.3 is 14.8 Å². The molecule has 1 saturated carbocycles. The average molecular weight is 333 g/mol. The van der Waals surface area contributed by atoms with Crippen LogP contribution in [0.4, 0.5) is 5.69 Å². The van der Waals surface area contributed by atoms with Crippen LogP contribution in [-0.2, 0) is 9.53 Å². The molecule has 0 atom stereocenters. The molecule has 4 nitrogen and oxygen atoms in total. The molecule has 134 valence electrons. The van der Waals surface area contributed by atoms with Gasteiger partial charge in [-0.15, -0.1) is 0 Å². The standard InChI is InChI=1S/C20H31NO3/c1-14(2)24-18-15(3)12-17(13-16(18)4)21-19(22)20(23-5)10-8-6-7-9-11-20/h12-14H,6-11H2,1-5H3,(H,21,22). The number of ether oxygens (including phenoxy) is 2. The van der Waals surface area contributed by atoms with Crippen LogP contribution in [0.1, 0.15) is 63.5 Å². The smallest absolute Gasteiger partial charge is 0.256 e. The number of rotatable bonds is 5. The van der Waals surface area contributed by atoms with E-state index in [1.54, 1.807) is 7.11 Å². The van der Waals surface area contributed by atoms with Crippen molar-refractivity contribution < 1.29 is 14.3 Å². The van der Waals surface area contributed by atoms with Gasteiger partial charge in [-0.2, -0.15) is 0 Å². The van der Waals surface area contributed by atoms with Crippen molar-refractivity contribution in [3.8, 4) is 5.75 Å². The number of benzene rings is 1. The highest BCUT2D eigenvalue weighted by molar-refractivity contribution is 5.97. The van der Waals surface area contributed by atoms with E-state index in [1.165, 1.54) is 12.8 Å². The second-order valence-corrected chi connectivity index (χ2v) is 7.17. The molecule has 1 aliphatic carbocycles. The molecule has 1 aliphatic rings. The molecule has 0 unspecified atom stereocenters. The van der Waals surface area contributed by atoms with E-state index in [0.717, 1.165) is 48.2 Å². The van der Waals surface area contributed by atoms with Gasteiger partial charge in [-0.05, 0) is 63.8 Å². The molecule has 1 N–H and O–H groups in total. The van der Waals surface area contributed by atoms with Crippen molar-refractivity contribution in [1.82, 2.24) is 0 Å². The molecule has 1 aromatic rings. The summed E-state index contributed by atoms with van der Waals surface area (Å²) in [5, 5.41) is 3.07. The highest BCUT2D eigenvalue weighted by Crippen LogP contribution is 2.33. The zero-order valence-electron chi connectivity index (χ0n) is 15.7. The number of hydrogen-bond donors (Lipinski definition) is 1. The normalized spacial score (nSPS) is 17.4. The molecule has 0 spiro atoms. The fraction of sp³-hybridized carbons (Fsp3) is 0.650. The molecular weight excluding hydrogens is 302 g/mol. The van der Waals surface area contributed by atoms with Crippen molar-refractivity contribution in [3.05, 3.63) is 23.3 Å². The summed E-state index contributed by atoms with van der Waals surface area (Å²) in [6.07, 6.45) is 6.16. The summed E-state index contributed by atoms with van der Waals surface area (Å²) in [7, 11) is 1.65. The second-order valence-electron chi connectivity index (χ2n) is 7.17. The van der Waals surface area contributed by atoms with Gasteiger partial charge in [0.2, 0.25) is 0 Å². The van der Waals surface area contributed by atoms with Crippen molar-refractivity contribution in [2.24, 2.45) is 0 Å². The fourth-order valence-corrected chi connectivity index (χ4v) is 3.51. The van der Waals surface area contributed by atoms with E-state index in [4.69, 9.17) is 9.47 Å². The van der Waals surface area contributed by atoms with Crippen molar-refractivity contribution in [2.45, 2.75) is 77.9 Å². The van der Waals surface area contributed by atoms with Crippen LogP contribution in [0, 0.1) is 13.8 Å². The monoisotopic (exact) mass is 333 g/mol. The lowest BCUT2D eigenvalue weighted by Crippen LogP contribution is -2.44. The quantitative estimate of drug-likeness (QED) is 0.790. The average Bonchev–Trinajstić information content (AvgIpc) is 2.77. The number of hydrogen-bond acceptors (Lipinski definition) is 3. The largest absolute Gasteiger partial charge is 0.490 e. The number of amides is 1. The first kappa shape index (κ1) is 18.8. The van der Waals surface area contributed by atoms with Crippen LogP contribution in [-0.4, -0.2) is 24.7 Å². The lowest BCUT2D eigenvalue weighted by atomic mass is 9.93.